The van der Waals surface area contributed by atoms with Crippen LogP contribution in [0.1, 0.15) is 23.6 Å². The van der Waals surface area contributed by atoms with Gasteiger partial charge in [0.25, 0.3) is 0 Å². The fraction of sp³-hybridized carbons (Fsp3) is 0.190. The lowest BCUT2D eigenvalue weighted by Crippen LogP contribution is -2.52. The molecule has 0 saturated carbocycles. The number of hydrazine groups is 1. The van der Waals surface area contributed by atoms with E-state index in [2.05, 4.69) is 10.4 Å². The number of carbonyl (C=O) groups excluding carboxylic acids is 1. The van der Waals surface area contributed by atoms with E-state index in [-0.39, 0.29) is 22.9 Å². The second-order valence-electron chi connectivity index (χ2n) is 6.62. The third-order valence-electron chi connectivity index (χ3n) is 4.78. The average molecular weight is 429 g/mol. The maximum absolute atomic E-state index is 13.2. The third kappa shape index (κ3) is 4.22. The van der Waals surface area contributed by atoms with Gasteiger partial charge in [-0.05, 0) is 37.3 Å². The molecule has 0 unspecified atom stereocenters. The summed E-state index contributed by atoms with van der Waals surface area (Å²) in [4.78, 5) is 18.4. The summed E-state index contributed by atoms with van der Waals surface area (Å²) in [7, 11) is 1.20. The number of ether oxygens (including phenoxy) is 1. The van der Waals surface area contributed by atoms with Gasteiger partial charge in [-0.1, -0.05) is 18.2 Å². The molecule has 1 atom stereocenters. The number of halogens is 3. The molecule has 0 saturated heterocycles. The molecule has 0 spiro atoms. The Morgan fingerprint density at radius 3 is 2.48 bits per heavy atom. The number of esters is 1. The van der Waals surface area contributed by atoms with Crippen molar-refractivity contribution in [3.63, 3.8) is 0 Å². The zero-order chi connectivity index (χ0) is 22.8. The van der Waals surface area contributed by atoms with Crippen LogP contribution in [-0.2, 0) is 15.7 Å². The number of methoxy groups -OCH3 is 1. The molecule has 3 N–H and O–H groups in total. The van der Waals surface area contributed by atoms with E-state index in [0.717, 1.165) is 12.1 Å². The topological polar surface area (TPSA) is 104 Å². The van der Waals surface area contributed by atoms with Gasteiger partial charge in [0.15, 0.2) is 0 Å². The molecule has 2 aromatic carbocycles. The Kier molecular flexibility index (Phi) is 5.99. The molecule has 10 heteroatoms. The number of anilines is 1. The molecular weight excluding hydrogens is 411 g/mol. The zero-order valence-electron chi connectivity index (χ0n) is 16.6. The van der Waals surface area contributed by atoms with Crippen molar-refractivity contribution in [2.24, 2.45) is 10.8 Å². The van der Waals surface area contributed by atoms with Crippen molar-refractivity contribution in [3.8, 4) is 6.07 Å². The van der Waals surface area contributed by atoms with Crippen LogP contribution in [0.3, 0.4) is 0 Å². The molecule has 1 aliphatic heterocycles. The lowest BCUT2D eigenvalue weighted by Gasteiger charge is -2.36. The lowest BCUT2D eigenvalue weighted by molar-refractivity contribution is -0.138. The van der Waals surface area contributed by atoms with Crippen LogP contribution >= 0.6 is 0 Å². The molecule has 7 nitrogen and oxygen atoms in total. The highest BCUT2D eigenvalue weighted by atomic mass is 19.4. The van der Waals surface area contributed by atoms with Crippen LogP contribution < -0.4 is 16.2 Å². The predicted octanol–water partition coefficient (Wildman–Crippen LogP) is 3.19. The Morgan fingerprint density at radius 1 is 1.26 bits per heavy atom. The van der Waals surface area contributed by atoms with E-state index in [1.165, 1.54) is 24.1 Å². The van der Waals surface area contributed by atoms with Gasteiger partial charge in [-0.2, -0.15) is 18.4 Å². The summed E-state index contributed by atoms with van der Waals surface area (Å²) in [5.41, 5.74) is 2.98. The SMILES string of the molecule is COC(=O)C1=C(c2ccc(C#N)cc2)N=C(NN)N(c2cccc(C(F)(F)F)c2)[C@@H]1C. The number of aliphatic imine (C=N–C) groups is 1. The summed E-state index contributed by atoms with van der Waals surface area (Å²) in [5.74, 6) is 4.98. The van der Waals surface area contributed by atoms with E-state index >= 15 is 0 Å². The van der Waals surface area contributed by atoms with Crippen LogP contribution in [0, 0.1) is 11.3 Å². The average Bonchev–Trinajstić information content (AvgIpc) is 2.77. The molecular formula is C21H18F3N5O2. The molecule has 0 radical (unpaired) electrons. The van der Waals surface area contributed by atoms with Gasteiger partial charge < -0.3 is 9.64 Å². The monoisotopic (exact) mass is 429 g/mol. The summed E-state index contributed by atoms with van der Waals surface area (Å²) in [6.07, 6.45) is -4.54. The standard InChI is InChI=1S/C21H18F3N5O2/c1-12-17(19(30)31-2)18(14-8-6-13(11-25)7-9-14)27-20(28-26)29(12)16-5-3-4-15(10-16)21(22,23)24/h3-10,12H,26H2,1-2H3,(H,27,28)/t12-/m1/s1. The van der Waals surface area contributed by atoms with Crippen molar-refractivity contribution >= 4 is 23.3 Å². The maximum atomic E-state index is 13.2. The van der Waals surface area contributed by atoms with E-state index in [0.29, 0.717) is 11.1 Å². The predicted molar refractivity (Wildman–Crippen MR) is 108 cm³/mol. The van der Waals surface area contributed by atoms with Crippen molar-refractivity contribution in [2.45, 2.75) is 19.1 Å². The Balaban J connectivity index is 2.17. The number of alkyl halides is 3. The second kappa shape index (κ2) is 8.49. The van der Waals surface area contributed by atoms with Crippen molar-refractivity contribution in [1.29, 1.82) is 5.26 Å². The molecule has 0 aliphatic carbocycles. The van der Waals surface area contributed by atoms with Gasteiger partial charge in [-0.25, -0.2) is 15.6 Å². The molecule has 3 rings (SSSR count). The minimum absolute atomic E-state index is 0.0406. The lowest BCUT2D eigenvalue weighted by atomic mass is 9.97. The van der Waals surface area contributed by atoms with Gasteiger partial charge in [0.1, 0.15) is 0 Å². The Morgan fingerprint density at radius 2 is 1.94 bits per heavy atom. The number of benzene rings is 2. The number of carbonyl (C=O) groups is 1. The van der Waals surface area contributed by atoms with Crippen LogP contribution in [0.4, 0.5) is 18.9 Å². The molecule has 2 aromatic rings. The minimum Gasteiger partial charge on any atom is -0.466 e. The minimum atomic E-state index is -4.54. The van der Waals surface area contributed by atoms with Crippen LogP contribution in [-0.4, -0.2) is 25.1 Å². The van der Waals surface area contributed by atoms with Gasteiger partial charge in [0.05, 0.1) is 41.6 Å². The second-order valence-corrected chi connectivity index (χ2v) is 6.62. The molecule has 160 valence electrons. The number of nitrogens with two attached hydrogens (primary N) is 1. The van der Waals surface area contributed by atoms with Gasteiger partial charge in [-0.3, -0.25) is 5.43 Å². The summed E-state index contributed by atoms with van der Waals surface area (Å²) in [5, 5.41) is 9.00. The molecule has 0 aromatic heterocycles. The normalized spacial score (nSPS) is 16.5. The number of guanidine groups is 1. The van der Waals surface area contributed by atoms with Crippen molar-refractivity contribution < 1.29 is 22.7 Å². The van der Waals surface area contributed by atoms with Gasteiger partial charge in [0, 0.05) is 11.3 Å². The highest BCUT2D eigenvalue weighted by Crippen LogP contribution is 2.36. The van der Waals surface area contributed by atoms with Gasteiger partial charge in [-0.15, -0.1) is 0 Å². The Hall–Kier alpha value is -3.84. The first-order valence-corrected chi connectivity index (χ1v) is 9.06. The van der Waals surface area contributed by atoms with Crippen LogP contribution in [0.15, 0.2) is 59.1 Å². The molecule has 0 amide bonds. The van der Waals surface area contributed by atoms with Crippen LogP contribution in [0.25, 0.3) is 5.70 Å². The number of nitrogens with zero attached hydrogens (tertiary/aromatic N) is 3. The summed E-state index contributed by atoms with van der Waals surface area (Å²) < 4.78 is 44.6. The molecule has 0 bridgehead atoms. The summed E-state index contributed by atoms with van der Waals surface area (Å²) in [6.45, 7) is 1.63. The maximum Gasteiger partial charge on any atom is 0.416 e. The van der Waals surface area contributed by atoms with Crippen molar-refractivity contribution in [3.05, 3.63) is 70.8 Å². The fourth-order valence-corrected chi connectivity index (χ4v) is 3.31. The van der Waals surface area contributed by atoms with Crippen LogP contribution in [0.2, 0.25) is 0 Å². The smallest absolute Gasteiger partial charge is 0.416 e. The molecule has 1 aliphatic rings. The summed E-state index contributed by atoms with van der Waals surface area (Å²) >= 11 is 0. The molecule has 31 heavy (non-hydrogen) atoms. The zero-order valence-corrected chi connectivity index (χ0v) is 16.6. The summed E-state index contributed by atoms with van der Waals surface area (Å²) in [6, 6.07) is 12.2. The Labute approximate surface area is 176 Å². The number of nitrogens with one attached hydrogen (secondary N) is 1. The first-order chi connectivity index (χ1) is 14.7. The van der Waals surface area contributed by atoms with Gasteiger partial charge in [0.2, 0.25) is 5.96 Å². The van der Waals surface area contributed by atoms with E-state index in [9.17, 15) is 18.0 Å². The number of nitriles is 1. The molecule has 0 fully saturated rings. The van der Waals surface area contributed by atoms with E-state index < -0.39 is 23.8 Å². The first-order valence-electron chi connectivity index (χ1n) is 9.06. The van der Waals surface area contributed by atoms with Crippen molar-refractivity contribution in [2.75, 3.05) is 12.0 Å². The molecule has 1 heterocycles. The van der Waals surface area contributed by atoms with Gasteiger partial charge >= 0.3 is 12.1 Å². The van der Waals surface area contributed by atoms with E-state index in [1.807, 2.05) is 6.07 Å². The highest BCUT2D eigenvalue weighted by Gasteiger charge is 2.36. The van der Waals surface area contributed by atoms with E-state index in [4.69, 9.17) is 15.8 Å². The number of hydrogen-bond acceptors (Lipinski definition) is 7. The van der Waals surface area contributed by atoms with Crippen molar-refractivity contribution in [1.82, 2.24) is 5.43 Å². The number of rotatable bonds is 3. The first kappa shape index (κ1) is 21.9. The number of hydrogen-bond donors (Lipinski definition) is 2. The quantitative estimate of drug-likeness (QED) is 0.441. The third-order valence-corrected chi connectivity index (χ3v) is 4.78. The Bertz CT molecular complexity index is 1100. The van der Waals surface area contributed by atoms with Crippen LogP contribution in [0.5, 0.6) is 0 Å². The fourth-order valence-electron chi connectivity index (χ4n) is 3.31. The highest BCUT2D eigenvalue weighted by molar-refractivity contribution is 6.09. The van der Waals surface area contributed by atoms with E-state index in [1.54, 1.807) is 31.2 Å². The largest absolute Gasteiger partial charge is 0.466 e.